The van der Waals surface area contributed by atoms with Crippen molar-refractivity contribution in [2.24, 2.45) is 0 Å². The first-order chi connectivity index (χ1) is 9.31. The van der Waals surface area contributed by atoms with E-state index in [-0.39, 0.29) is 12.0 Å². The van der Waals surface area contributed by atoms with Gasteiger partial charge in [-0.2, -0.15) is 11.8 Å². The number of benzene rings is 1. The molecule has 0 N–H and O–H groups in total. The molecule has 0 radical (unpaired) electrons. The molecular formula is C14H14N2O2S. The van der Waals surface area contributed by atoms with Gasteiger partial charge in [-0.3, -0.25) is 0 Å². The lowest BCUT2D eigenvalue weighted by atomic mass is 10.0. The van der Waals surface area contributed by atoms with Gasteiger partial charge in [-0.05, 0) is 11.1 Å². The summed E-state index contributed by atoms with van der Waals surface area (Å²) in [4.78, 5) is 15.9. The van der Waals surface area contributed by atoms with Gasteiger partial charge in [0.2, 0.25) is 0 Å². The minimum Gasteiger partial charge on any atom is -0.464 e. The lowest BCUT2D eigenvalue weighted by Crippen LogP contribution is -2.22. The van der Waals surface area contributed by atoms with Crippen LogP contribution in [0.1, 0.15) is 27.7 Å². The fourth-order valence-electron chi connectivity index (χ4n) is 2.41. The van der Waals surface area contributed by atoms with Crippen LogP contribution in [0.15, 0.2) is 36.8 Å². The smallest absolute Gasteiger partial charge is 0.356 e. The third-order valence-electron chi connectivity index (χ3n) is 3.34. The maximum Gasteiger partial charge on any atom is 0.356 e. The average Bonchev–Trinajstić information content (AvgIpc) is 2.95. The summed E-state index contributed by atoms with van der Waals surface area (Å²) in [5.41, 5.74) is 3.10. The van der Waals surface area contributed by atoms with E-state index in [1.165, 1.54) is 18.2 Å². The van der Waals surface area contributed by atoms with Gasteiger partial charge in [0, 0.05) is 11.5 Å². The van der Waals surface area contributed by atoms with Gasteiger partial charge in [0.1, 0.15) is 5.69 Å². The molecule has 3 rings (SSSR count). The van der Waals surface area contributed by atoms with Crippen LogP contribution >= 0.6 is 11.8 Å². The van der Waals surface area contributed by atoms with E-state index >= 15 is 0 Å². The highest BCUT2D eigenvalue weighted by Gasteiger charge is 2.25. The fourth-order valence-corrected chi connectivity index (χ4v) is 3.57. The Labute approximate surface area is 115 Å². The third-order valence-corrected chi connectivity index (χ3v) is 4.41. The van der Waals surface area contributed by atoms with Crippen molar-refractivity contribution in [3.8, 4) is 0 Å². The SMILES string of the molecule is COC(=O)c1cncn1C1CSCc2ccccc21. The van der Waals surface area contributed by atoms with E-state index in [1.54, 1.807) is 12.5 Å². The lowest BCUT2D eigenvalue weighted by molar-refractivity contribution is 0.0587. The Morgan fingerprint density at radius 2 is 2.32 bits per heavy atom. The molecule has 0 fully saturated rings. The second-order valence-electron chi connectivity index (χ2n) is 4.41. The zero-order valence-corrected chi connectivity index (χ0v) is 11.4. The third kappa shape index (κ3) is 2.14. The highest BCUT2D eigenvalue weighted by atomic mass is 32.2. The molecule has 0 aliphatic carbocycles. The van der Waals surface area contributed by atoms with Gasteiger partial charge in [0.15, 0.2) is 0 Å². The molecule has 0 saturated heterocycles. The molecule has 0 bridgehead atoms. The molecule has 1 aromatic heterocycles. The van der Waals surface area contributed by atoms with Crippen molar-refractivity contribution >= 4 is 17.7 Å². The fraction of sp³-hybridized carbons (Fsp3) is 0.286. The van der Waals surface area contributed by atoms with Crippen molar-refractivity contribution in [2.45, 2.75) is 11.8 Å². The molecule has 2 heterocycles. The maximum atomic E-state index is 11.8. The zero-order chi connectivity index (χ0) is 13.2. The van der Waals surface area contributed by atoms with Crippen LogP contribution in [0.4, 0.5) is 0 Å². The quantitative estimate of drug-likeness (QED) is 0.789. The van der Waals surface area contributed by atoms with E-state index in [4.69, 9.17) is 4.74 Å². The molecule has 1 aliphatic heterocycles. The summed E-state index contributed by atoms with van der Waals surface area (Å²) in [6.07, 6.45) is 3.27. The van der Waals surface area contributed by atoms with E-state index in [1.807, 2.05) is 22.4 Å². The minimum atomic E-state index is -0.342. The molecule has 1 atom stereocenters. The van der Waals surface area contributed by atoms with Gasteiger partial charge in [0.05, 0.1) is 25.7 Å². The number of carbonyl (C=O) groups excluding carboxylic acids is 1. The molecule has 2 aromatic rings. The van der Waals surface area contributed by atoms with Crippen LogP contribution in [0.25, 0.3) is 0 Å². The number of fused-ring (bicyclic) bond motifs is 1. The van der Waals surface area contributed by atoms with Crippen molar-refractivity contribution in [3.05, 3.63) is 53.6 Å². The number of carbonyl (C=O) groups is 1. The number of hydrogen-bond donors (Lipinski definition) is 0. The number of aromatic nitrogens is 2. The number of thioether (sulfide) groups is 1. The summed E-state index contributed by atoms with van der Waals surface area (Å²) in [5.74, 6) is 1.62. The summed E-state index contributed by atoms with van der Waals surface area (Å²) in [6, 6.07) is 8.50. The zero-order valence-electron chi connectivity index (χ0n) is 10.6. The molecule has 98 valence electrons. The molecule has 4 nitrogen and oxygen atoms in total. The van der Waals surface area contributed by atoms with Crippen LogP contribution in [0.5, 0.6) is 0 Å². The average molecular weight is 274 g/mol. The molecule has 1 unspecified atom stereocenters. The van der Waals surface area contributed by atoms with Gasteiger partial charge < -0.3 is 9.30 Å². The van der Waals surface area contributed by atoms with E-state index in [0.29, 0.717) is 5.69 Å². The number of methoxy groups -OCH3 is 1. The van der Waals surface area contributed by atoms with Crippen molar-refractivity contribution in [2.75, 3.05) is 12.9 Å². The van der Waals surface area contributed by atoms with Crippen LogP contribution in [0, 0.1) is 0 Å². The Bertz CT molecular complexity index is 609. The first kappa shape index (κ1) is 12.3. The minimum absolute atomic E-state index is 0.145. The number of esters is 1. The Morgan fingerprint density at radius 3 is 3.16 bits per heavy atom. The summed E-state index contributed by atoms with van der Waals surface area (Å²) < 4.78 is 6.72. The predicted octanol–water partition coefficient (Wildman–Crippen LogP) is 2.51. The Hall–Kier alpha value is -1.75. The van der Waals surface area contributed by atoms with Crippen molar-refractivity contribution < 1.29 is 9.53 Å². The Morgan fingerprint density at radius 1 is 1.47 bits per heavy atom. The largest absolute Gasteiger partial charge is 0.464 e. The van der Waals surface area contributed by atoms with Crippen LogP contribution in [0.2, 0.25) is 0 Å². The second-order valence-corrected chi connectivity index (χ2v) is 5.44. The van der Waals surface area contributed by atoms with Gasteiger partial charge in [-0.25, -0.2) is 9.78 Å². The normalized spacial score (nSPS) is 17.8. The van der Waals surface area contributed by atoms with Gasteiger partial charge in [-0.1, -0.05) is 24.3 Å². The Kier molecular flexibility index (Phi) is 3.29. The molecular weight excluding hydrogens is 260 g/mol. The number of imidazole rings is 1. The molecule has 0 spiro atoms. The topological polar surface area (TPSA) is 44.1 Å². The summed E-state index contributed by atoms with van der Waals surface area (Å²) >= 11 is 1.87. The van der Waals surface area contributed by atoms with Gasteiger partial charge in [0.25, 0.3) is 0 Å². The standard InChI is InChI=1S/C14H14N2O2S/c1-18-14(17)12-6-15-9-16(12)13-8-19-7-10-4-2-3-5-11(10)13/h2-6,9,13H,7-8H2,1H3. The maximum absolute atomic E-state index is 11.8. The van der Waals surface area contributed by atoms with Crippen LogP contribution in [0.3, 0.4) is 0 Å². The highest BCUT2D eigenvalue weighted by Crippen LogP contribution is 2.34. The number of rotatable bonds is 2. The number of nitrogens with zero attached hydrogens (tertiary/aromatic N) is 2. The lowest BCUT2D eigenvalue weighted by Gasteiger charge is -2.27. The number of ether oxygens (including phenoxy) is 1. The van der Waals surface area contributed by atoms with Gasteiger partial charge >= 0.3 is 5.97 Å². The summed E-state index contributed by atoms with van der Waals surface area (Å²) in [7, 11) is 1.39. The molecule has 19 heavy (non-hydrogen) atoms. The molecule has 1 aliphatic rings. The van der Waals surface area contributed by atoms with Crippen molar-refractivity contribution in [3.63, 3.8) is 0 Å². The van der Waals surface area contributed by atoms with E-state index < -0.39 is 0 Å². The second kappa shape index (κ2) is 5.09. The molecule has 5 heteroatoms. The first-order valence-electron chi connectivity index (χ1n) is 6.07. The Balaban J connectivity index is 2.05. The monoisotopic (exact) mass is 274 g/mol. The number of hydrogen-bond acceptors (Lipinski definition) is 4. The summed E-state index contributed by atoms with van der Waals surface area (Å²) in [6.45, 7) is 0. The summed E-state index contributed by atoms with van der Waals surface area (Å²) in [5, 5.41) is 0. The van der Waals surface area contributed by atoms with Crippen molar-refractivity contribution in [1.82, 2.24) is 9.55 Å². The molecule has 1 aromatic carbocycles. The first-order valence-corrected chi connectivity index (χ1v) is 7.22. The predicted molar refractivity (Wildman–Crippen MR) is 74.3 cm³/mol. The van der Waals surface area contributed by atoms with E-state index in [0.717, 1.165) is 11.5 Å². The van der Waals surface area contributed by atoms with Crippen molar-refractivity contribution in [1.29, 1.82) is 0 Å². The molecule has 0 saturated carbocycles. The highest BCUT2D eigenvalue weighted by molar-refractivity contribution is 7.98. The van der Waals surface area contributed by atoms with Crippen LogP contribution < -0.4 is 0 Å². The van der Waals surface area contributed by atoms with Gasteiger partial charge in [-0.15, -0.1) is 0 Å². The van der Waals surface area contributed by atoms with E-state index in [9.17, 15) is 4.79 Å². The molecule has 0 amide bonds. The van der Waals surface area contributed by atoms with Crippen LogP contribution in [-0.4, -0.2) is 28.4 Å². The van der Waals surface area contributed by atoms with Crippen LogP contribution in [-0.2, 0) is 10.5 Å². The van der Waals surface area contributed by atoms with E-state index in [2.05, 4.69) is 23.2 Å².